The van der Waals surface area contributed by atoms with E-state index in [0.717, 1.165) is 44.6 Å². The van der Waals surface area contributed by atoms with E-state index >= 15 is 0 Å². The minimum Gasteiger partial charge on any atom is -0.309 e. The molecule has 4 heteroatoms. The van der Waals surface area contributed by atoms with E-state index in [4.69, 9.17) is 6.57 Å². The molecule has 9 aromatic rings. The number of para-hydroxylation sites is 3. The Morgan fingerprint density at radius 1 is 0.510 bits per heavy atom. The molecule has 0 bridgehead atoms. The van der Waals surface area contributed by atoms with Gasteiger partial charge in [0.15, 0.2) is 5.69 Å². The minimum absolute atomic E-state index is 0.125. The highest BCUT2D eigenvalue weighted by Gasteiger charge is 2.36. The number of rotatable bonds is 3. The lowest BCUT2D eigenvalue weighted by Gasteiger charge is -2.21. The molecular formula is C47H30N4. The van der Waals surface area contributed by atoms with Gasteiger partial charge in [0.05, 0.1) is 51.6 Å². The summed E-state index contributed by atoms with van der Waals surface area (Å²) in [6.07, 6.45) is 0. The van der Waals surface area contributed by atoms with E-state index in [1.54, 1.807) is 0 Å². The Morgan fingerprint density at radius 3 is 1.71 bits per heavy atom. The molecule has 0 saturated heterocycles. The summed E-state index contributed by atoms with van der Waals surface area (Å²) < 4.78 is 4.66. The van der Waals surface area contributed by atoms with Crippen LogP contribution in [0.2, 0.25) is 0 Å². The summed E-state index contributed by atoms with van der Waals surface area (Å²) in [5.41, 5.74) is 14.2. The van der Waals surface area contributed by atoms with Crippen LogP contribution < -0.4 is 0 Å². The summed E-state index contributed by atoms with van der Waals surface area (Å²) in [6, 6.07) is 53.4. The molecule has 2 aromatic heterocycles. The van der Waals surface area contributed by atoms with Crippen molar-refractivity contribution in [2.45, 2.75) is 19.3 Å². The van der Waals surface area contributed by atoms with Crippen molar-refractivity contribution in [2.75, 3.05) is 0 Å². The predicted octanol–water partition coefficient (Wildman–Crippen LogP) is 12.3. The van der Waals surface area contributed by atoms with E-state index in [1.165, 1.54) is 43.8 Å². The van der Waals surface area contributed by atoms with Crippen molar-refractivity contribution in [3.63, 3.8) is 0 Å². The molecule has 1 aliphatic rings. The summed E-state index contributed by atoms with van der Waals surface area (Å²) in [4.78, 5) is 3.88. The predicted molar refractivity (Wildman–Crippen MR) is 209 cm³/mol. The van der Waals surface area contributed by atoms with Crippen LogP contribution in [0.4, 0.5) is 5.69 Å². The molecule has 238 valence electrons. The largest absolute Gasteiger partial charge is 0.309 e. The maximum Gasteiger partial charge on any atom is 0.188 e. The molecule has 0 aliphatic heterocycles. The molecular weight excluding hydrogens is 621 g/mol. The van der Waals surface area contributed by atoms with Gasteiger partial charge < -0.3 is 9.13 Å². The van der Waals surface area contributed by atoms with Gasteiger partial charge >= 0.3 is 0 Å². The number of hydrogen-bond donors (Lipinski definition) is 0. The number of nitrogens with zero attached hydrogens (tertiary/aromatic N) is 4. The first-order valence-corrected chi connectivity index (χ1v) is 17.2. The van der Waals surface area contributed by atoms with Crippen molar-refractivity contribution in [3.05, 3.63) is 174 Å². The first kappa shape index (κ1) is 29.1. The van der Waals surface area contributed by atoms with Crippen molar-refractivity contribution in [2.24, 2.45) is 0 Å². The lowest BCUT2D eigenvalue weighted by atomic mass is 9.82. The third-order valence-corrected chi connectivity index (χ3v) is 11.0. The van der Waals surface area contributed by atoms with Gasteiger partial charge in [-0.25, -0.2) is 4.85 Å². The standard InChI is InChI=1S/C47H30N4/c1-47(2)39-16-8-4-12-31(39)35-27-46-38(26-40(35)47)34-15-7-11-19-43(34)51(46)44-22-20-29(28-48)24-36(44)37-25-30(49-3)21-23-45(37)50-41-17-9-5-13-32(41)33-14-6-10-18-42(33)50/h4-27H,1-2H3. The molecule has 1 aliphatic carbocycles. The highest BCUT2D eigenvalue weighted by atomic mass is 15.0. The lowest BCUT2D eigenvalue weighted by molar-refractivity contribution is 0.661. The van der Waals surface area contributed by atoms with Crippen molar-refractivity contribution < 1.29 is 0 Å². The fourth-order valence-corrected chi connectivity index (χ4v) is 8.63. The summed E-state index contributed by atoms with van der Waals surface area (Å²) >= 11 is 0. The maximum atomic E-state index is 10.2. The van der Waals surface area contributed by atoms with Crippen LogP contribution in [-0.4, -0.2) is 9.13 Å². The molecule has 0 fully saturated rings. The van der Waals surface area contributed by atoms with Crippen molar-refractivity contribution in [1.29, 1.82) is 5.26 Å². The Labute approximate surface area is 295 Å². The Balaban J connectivity index is 1.33. The molecule has 10 rings (SSSR count). The first-order chi connectivity index (χ1) is 25.0. The van der Waals surface area contributed by atoms with E-state index < -0.39 is 0 Å². The van der Waals surface area contributed by atoms with E-state index in [-0.39, 0.29) is 5.41 Å². The van der Waals surface area contributed by atoms with Crippen LogP contribution in [0.25, 0.3) is 82.1 Å². The second kappa shape index (κ2) is 10.6. The fraction of sp³-hybridized carbons (Fsp3) is 0.0638. The number of nitriles is 1. The van der Waals surface area contributed by atoms with Crippen molar-refractivity contribution >= 4 is 49.3 Å². The van der Waals surface area contributed by atoms with Crippen LogP contribution in [0.3, 0.4) is 0 Å². The Bertz CT molecular complexity index is 2980. The van der Waals surface area contributed by atoms with Crippen LogP contribution in [0.5, 0.6) is 0 Å². The van der Waals surface area contributed by atoms with E-state index in [9.17, 15) is 5.26 Å². The average molecular weight is 651 g/mol. The van der Waals surface area contributed by atoms with Gasteiger partial charge in [0.1, 0.15) is 0 Å². The van der Waals surface area contributed by atoms with E-state index in [0.29, 0.717) is 11.3 Å². The molecule has 4 nitrogen and oxygen atoms in total. The SMILES string of the molecule is [C-]#[N+]c1ccc(-n2c3ccccc3c3ccccc32)c(-c2cc(C#N)ccc2-n2c3ccccc3c3cc4c(cc32)-c2ccccc2C4(C)C)c1. The van der Waals surface area contributed by atoms with Crippen LogP contribution in [0.1, 0.15) is 30.5 Å². The third-order valence-electron chi connectivity index (χ3n) is 11.0. The summed E-state index contributed by atoms with van der Waals surface area (Å²) in [7, 11) is 0. The molecule has 0 spiro atoms. The molecule has 0 unspecified atom stereocenters. The number of benzene rings is 7. The molecule has 0 radical (unpaired) electrons. The van der Waals surface area contributed by atoms with Crippen LogP contribution in [0, 0.1) is 17.9 Å². The minimum atomic E-state index is -0.125. The fourth-order valence-electron chi connectivity index (χ4n) is 8.63. The molecule has 0 saturated carbocycles. The van der Waals surface area contributed by atoms with Crippen LogP contribution >= 0.6 is 0 Å². The van der Waals surface area contributed by atoms with E-state index in [2.05, 4.69) is 155 Å². The van der Waals surface area contributed by atoms with E-state index in [1.807, 2.05) is 24.3 Å². The smallest absolute Gasteiger partial charge is 0.188 e. The zero-order chi connectivity index (χ0) is 34.4. The maximum absolute atomic E-state index is 10.2. The Kier molecular flexibility index (Phi) is 6.02. The van der Waals surface area contributed by atoms with Gasteiger partial charge in [0.2, 0.25) is 0 Å². The quantitative estimate of drug-likeness (QED) is 0.175. The molecule has 0 atom stereocenters. The Morgan fingerprint density at radius 2 is 1.06 bits per heavy atom. The highest BCUT2D eigenvalue weighted by Crippen LogP contribution is 2.51. The topological polar surface area (TPSA) is 38.0 Å². The molecule has 51 heavy (non-hydrogen) atoms. The Hall–Kier alpha value is -6.88. The molecule has 0 N–H and O–H groups in total. The zero-order valence-electron chi connectivity index (χ0n) is 28.1. The molecule has 0 amide bonds. The third kappa shape index (κ3) is 3.99. The number of hydrogen-bond acceptors (Lipinski definition) is 1. The van der Waals surface area contributed by atoms with Crippen LogP contribution in [0.15, 0.2) is 146 Å². The van der Waals surface area contributed by atoms with Gasteiger partial charge in [-0.05, 0) is 88.5 Å². The van der Waals surface area contributed by atoms with Gasteiger partial charge in [-0.15, -0.1) is 0 Å². The summed E-state index contributed by atoms with van der Waals surface area (Å²) in [6.45, 7) is 12.7. The molecule has 7 aromatic carbocycles. The summed E-state index contributed by atoms with van der Waals surface area (Å²) in [5, 5.41) is 14.9. The van der Waals surface area contributed by atoms with Crippen molar-refractivity contribution in [1.82, 2.24) is 9.13 Å². The second-order valence-corrected chi connectivity index (χ2v) is 14.0. The highest BCUT2D eigenvalue weighted by molar-refractivity contribution is 6.13. The number of fused-ring (bicyclic) bond motifs is 9. The van der Waals surface area contributed by atoms with Gasteiger partial charge in [-0.3, -0.25) is 0 Å². The monoisotopic (exact) mass is 650 g/mol. The van der Waals surface area contributed by atoms with Gasteiger partial charge in [0, 0.05) is 32.5 Å². The first-order valence-electron chi connectivity index (χ1n) is 17.2. The van der Waals surface area contributed by atoms with Crippen molar-refractivity contribution in [3.8, 4) is 39.7 Å². The van der Waals surface area contributed by atoms with Gasteiger partial charge in [-0.1, -0.05) is 98.8 Å². The normalized spacial score (nSPS) is 13.0. The van der Waals surface area contributed by atoms with Gasteiger partial charge in [-0.2, -0.15) is 5.26 Å². The van der Waals surface area contributed by atoms with Gasteiger partial charge in [0.25, 0.3) is 0 Å². The average Bonchev–Trinajstić information content (AvgIpc) is 3.76. The zero-order valence-corrected chi connectivity index (χ0v) is 28.1. The number of aromatic nitrogens is 2. The molecule has 2 heterocycles. The lowest BCUT2D eigenvalue weighted by Crippen LogP contribution is -2.14. The second-order valence-electron chi connectivity index (χ2n) is 14.0. The summed E-state index contributed by atoms with van der Waals surface area (Å²) in [5.74, 6) is 0. The van der Waals surface area contributed by atoms with Crippen LogP contribution in [-0.2, 0) is 5.41 Å².